The number of nitrogens with one attached hydrogen (secondary N) is 1. The summed E-state index contributed by atoms with van der Waals surface area (Å²) in [7, 11) is 0. The molecule has 8 nitrogen and oxygen atoms in total. The van der Waals surface area contributed by atoms with E-state index >= 15 is 0 Å². The van der Waals surface area contributed by atoms with E-state index in [0.29, 0.717) is 17.8 Å². The van der Waals surface area contributed by atoms with Crippen LogP contribution in [0.5, 0.6) is 5.75 Å². The average molecular weight is 512 g/mol. The molecule has 4 rings (SSSR count). The summed E-state index contributed by atoms with van der Waals surface area (Å²) in [6.07, 6.45) is 2.06. The Morgan fingerprint density at radius 2 is 1.71 bits per heavy atom. The van der Waals surface area contributed by atoms with Gasteiger partial charge in [-0.1, -0.05) is 42.5 Å². The lowest BCUT2D eigenvalue weighted by atomic mass is 9.95. The summed E-state index contributed by atoms with van der Waals surface area (Å²) in [4.78, 5) is 35.2. The molecule has 0 aliphatic rings. The monoisotopic (exact) mass is 511 g/mol. The van der Waals surface area contributed by atoms with E-state index in [4.69, 9.17) is 11.5 Å². The number of aromatic amines is 1. The SMILES string of the molecule is Cc1cc(O)cc(C)c1CC(N)C(=O)N(Cc1cccc(C(N)=O)c1)C(C)c1ncc(-c2ccccc2)[nH]1. The number of phenolic OH excluding ortho intramolecular Hbond substituents is 1. The number of carbonyl (C=O) groups is 2. The number of imidazole rings is 1. The fourth-order valence-electron chi connectivity index (χ4n) is 4.70. The van der Waals surface area contributed by atoms with Crippen molar-refractivity contribution in [3.63, 3.8) is 0 Å². The highest BCUT2D eigenvalue weighted by molar-refractivity contribution is 5.93. The van der Waals surface area contributed by atoms with Crippen LogP contribution in [0, 0.1) is 13.8 Å². The lowest BCUT2D eigenvalue weighted by Gasteiger charge is -2.31. The number of hydrogen-bond donors (Lipinski definition) is 4. The Balaban J connectivity index is 1.65. The van der Waals surface area contributed by atoms with Crippen molar-refractivity contribution in [2.75, 3.05) is 0 Å². The first kappa shape index (κ1) is 26.6. The second-order valence-electron chi connectivity index (χ2n) is 9.62. The predicted octanol–water partition coefficient (Wildman–Crippen LogP) is 4.16. The lowest BCUT2D eigenvalue weighted by molar-refractivity contribution is -0.135. The van der Waals surface area contributed by atoms with Crippen LogP contribution in [0.1, 0.15) is 51.4 Å². The number of amides is 2. The number of phenols is 1. The molecular weight excluding hydrogens is 478 g/mol. The molecule has 0 spiro atoms. The molecule has 3 aromatic carbocycles. The zero-order valence-electron chi connectivity index (χ0n) is 21.8. The Bertz CT molecular complexity index is 1420. The molecule has 1 heterocycles. The number of carbonyl (C=O) groups excluding carboxylic acids is 2. The molecule has 38 heavy (non-hydrogen) atoms. The minimum absolute atomic E-state index is 0.181. The molecule has 8 heteroatoms. The van der Waals surface area contributed by atoms with Crippen LogP contribution >= 0.6 is 0 Å². The molecule has 0 aliphatic carbocycles. The van der Waals surface area contributed by atoms with Crippen LogP contribution in [-0.4, -0.2) is 37.8 Å². The maximum absolute atomic E-state index is 13.9. The summed E-state index contributed by atoms with van der Waals surface area (Å²) in [5.41, 5.74) is 17.6. The molecule has 0 saturated heterocycles. The second-order valence-corrected chi connectivity index (χ2v) is 9.62. The molecule has 4 aromatic rings. The van der Waals surface area contributed by atoms with E-state index < -0.39 is 18.0 Å². The van der Waals surface area contributed by atoms with E-state index in [1.807, 2.05) is 57.2 Å². The van der Waals surface area contributed by atoms with Gasteiger partial charge < -0.3 is 26.5 Å². The van der Waals surface area contributed by atoms with Crippen molar-refractivity contribution in [2.24, 2.45) is 11.5 Å². The van der Waals surface area contributed by atoms with Crippen molar-refractivity contribution >= 4 is 11.8 Å². The maximum Gasteiger partial charge on any atom is 0.248 e. The number of nitrogens with zero attached hydrogens (tertiary/aromatic N) is 2. The summed E-state index contributed by atoms with van der Waals surface area (Å²) in [5, 5.41) is 9.91. The smallest absolute Gasteiger partial charge is 0.248 e. The van der Waals surface area contributed by atoms with Gasteiger partial charge in [-0.2, -0.15) is 0 Å². The van der Waals surface area contributed by atoms with Crippen molar-refractivity contribution in [1.29, 1.82) is 0 Å². The highest BCUT2D eigenvalue weighted by Gasteiger charge is 2.29. The summed E-state index contributed by atoms with van der Waals surface area (Å²) in [6.45, 7) is 5.89. The first-order chi connectivity index (χ1) is 18.1. The molecule has 2 atom stereocenters. The van der Waals surface area contributed by atoms with E-state index in [9.17, 15) is 14.7 Å². The first-order valence-corrected chi connectivity index (χ1v) is 12.5. The molecule has 0 radical (unpaired) electrons. The molecule has 196 valence electrons. The maximum atomic E-state index is 13.9. The van der Waals surface area contributed by atoms with Crippen LogP contribution in [-0.2, 0) is 17.8 Å². The van der Waals surface area contributed by atoms with Gasteiger partial charge >= 0.3 is 0 Å². The van der Waals surface area contributed by atoms with Gasteiger partial charge in [0.15, 0.2) is 0 Å². The van der Waals surface area contributed by atoms with Gasteiger partial charge in [0.25, 0.3) is 0 Å². The second kappa shape index (κ2) is 11.3. The molecule has 2 unspecified atom stereocenters. The van der Waals surface area contributed by atoms with Crippen molar-refractivity contribution < 1.29 is 14.7 Å². The average Bonchev–Trinajstić information content (AvgIpc) is 3.39. The number of primary amides is 1. The zero-order valence-corrected chi connectivity index (χ0v) is 21.8. The van der Waals surface area contributed by atoms with Gasteiger partial charge in [-0.15, -0.1) is 0 Å². The molecule has 0 fully saturated rings. The molecule has 2 amide bonds. The summed E-state index contributed by atoms with van der Waals surface area (Å²) < 4.78 is 0. The van der Waals surface area contributed by atoms with E-state index in [0.717, 1.165) is 33.5 Å². The summed E-state index contributed by atoms with van der Waals surface area (Å²) >= 11 is 0. The Kier molecular flexibility index (Phi) is 7.93. The van der Waals surface area contributed by atoms with E-state index in [-0.39, 0.29) is 18.2 Å². The van der Waals surface area contributed by atoms with Crippen LogP contribution in [0.4, 0.5) is 0 Å². The molecule has 0 bridgehead atoms. The number of hydrogen-bond acceptors (Lipinski definition) is 5. The highest BCUT2D eigenvalue weighted by atomic mass is 16.3. The van der Waals surface area contributed by atoms with Crippen LogP contribution < -0.4 is 11.5 Å². The number of aromatic hydroxyl groups is 1. The standard InChI is InChI=1S/C30H33N5O3/c1-18-12-24(36)13-19(2)25(18)15-26(31)30(38)35(17-21-8-7-11-23(14-21)28(32)37)20(3)29-33-16-27(34-29)22-9-5-4-6-10-22/h4-14,16,20,26,36H,15,17,31H2,1-3H3,(H2,32,37)(H,33,34). The number of nitrogens with two attached hydrogens (primary N) is 2. The van der Waals surface area contributed by atoms with E-state index in [1.165, 1.54) is 0 Å². The van der Waals surface area contributed by atoms with Crippen molar-refractivity contribution in [3.8, 4) is 17.0 Å². The Labute approximate surface area is 222 Å². The number of benzene rings is 3. The normalized spacial score (nSPS) is 12.6. The predicted molar refractivity (Wildman–Crippen MR) is 147 cm³/mol. The Morgan fingerprint density at radius 3 is 2.37 bits per heavy atom. The summed E-state index contributed by atoms with van der Waals surface area (Å²) in [5.74, 6) is 0.00512. The van der Waals surface area contributed by atoms with Gasteiger partial charge in [0.2, 0.25) is 11.8 Å². The van der Waals surface area contributed by atoms with E-state index in [1.54, 1.807) is 41.4 Å². The number of H-pyrrole nitrogens is 1. The van der Waals surface area contributed by atoms with Gasteiger partial charge in [-0.25, -0.2) is 4.98 Å². The van der Waals surface area contributed by atoms with Gasteiger partial charge in [0.05, 0.1) is 24.0 Å². The molecule has 1 aromatic heterocycles. The summed E-state index contributed by atoms with van der Waals surface area (Å²) in [6, 6.07) is 18.8. The minimum atomic E-state index is -0.831. The third kappa shape index (κ3) is 5.92. The first-order valence-electron chi connectivity index (χ1n) is 12.5. The van der Waals surface area contributed by atoms with Crippen LogP contribution in [0.2, 0.25) is 0 Å². The largest absolute Gasteiger partial charge is 0.508 e. The van der Waals surface area contributed by atoms with Gasteiger partial charge in [-0.3, -0.25) is 9.59 Å². The minimum Gasteiger partial charge on any atom is -0.508 e. The molecule has 0 saturated carbocycles. The Morgan fingerprint density at radius 1 is 1.03 bits per heavy atom. The van der Waals surface area contributed by atoms with E-state index in [2.05, 4.69) is 9.97 Å². The Hall–Kier alpha value is -4.43. The zero-order chi connectivity index (χ0) is 27.4. The van der Waals surface area contributed by atoms with Crippen molar-refractivity contribution in [3.05, 3.63) is 107 Å². The van der Waals surface area contributed by atoms with Crippen molar-refractivity contribution in [2.45, 2.75) is 45.8 Å². The number of rotatable bonds is 9. The van der Waals surface area contributed by atoms with Crippen LogP contribution in [0.15, 0.2) is 72.9 Å². The fourth-order valence-corrected chi connectivity index (χ4v) is 4.70. The van der Waals surface area contributed by atoms with Gasteiger partial charge in [-0.05, 0) is 79.3 Å². The van der Waals surface area contributed by atoms with Crippen LogP contribution in [0.3, 0.4) is 0 Å². The van der Waals surface area contributed by atoms with Gasteiger partial charge in [0, 0.05) is 12.1 Å². The molecule has 6 N–H and O–H groups in total. The van der Waals surface area contributed by atoms with Gasteiger partial charge in [0.1, 0.15) is 11.6 Å². The number of aryl methyl sites for hydroxylation is 2. The highest BCUT2D eigenvalue weighted by Crippen LogP contribution is 2.27. The topological polar surface area (TPSA) is 138 Å². The third-order valence-corrected chi connectivity index (χ3v) is 6.81. The quantitative estimate of drug-likeness (QED) is 0.267. The van der Waals surface area contributed by atoms with Crippen molar-refractivity contribution in [1.82, 2.24) is 14.9 Å². The third-order valence-electron chi connectivity index (χ3n) is 6.81. The molecule has 0 aliphatic heterocycles. The van der Waals surface area contributed by atoms with Crippen LogP contribution in [0.25, 0.3) is 11.3 Å². The molecular formula is C30H33N5O3. The fraction of sp³-hybridized carbons (Fsp3) is 0.233. The lowest BCUT2D eigenvalue weighted by Crippen LogP contribution is -2.46. The number of aromatic nitrogens is 2.